The lowest BCUT2D eigenvalue weighted by Crippen LogP contribution is -2.32. The topological polar surface area (TPSA) is 126 Å². The number of aromatic carboxylic acids is 1. The van der Waals surface area contributed by atoms with Crippen molar-refractivity contribution < 1.29 is 18.3 Å². The van der Waals surface area contributed by atoms with Crippen molar-refractivity contribution in [3.05, 3.63) is 77.5 Å². The van der Waals surface area contributed by atoms with E-state index in [1.807, 2.05) is 48.5 Å². The number of nitrogens with two attached hydrogens (primary N) is 1. The van der Waals surface area contributed by atoms with Crippen LogP contribution in [0.3, 0.4) is 0 Å². The van der Waals surface area contributed by atoms with Gasteiger partial charge in [-0.05, 0) is 65.6 Å². The molecule has 8 nitrogen and oxygen atoms in total. The molecule has 2 heterocycles. The number of anilines is 1. The second-order valence-electron chi connectivity index (χ2n) is 9.05. The zero-order valence-corrected chi connectivity index (χ0v) is 20.0. The summed E-state index contributed by atoms with van der Waals surface area (Å²) in [4.78, 5) is 12.1. The summed E-state index contributed by atoms with van der Waals surface area (Å²) >= 11 is 0. The molecule has 35 heavy (non-hydrogen) atoms. The molecular weight excluding hydrogens is 464 g/mol. The average molecular weight is 493 g/mol. The van der Waals surface area contributed by atoms with E-state index in [9.17, 15) is 18.3 Å². The fourth-order valence-electron chi connectivity index (χ4n) is 4.91. The van der Waals surface area contributed by atoms with Crippen LogP contribution in [0.5, 0.6) is 0 Å². The van der Waals surface area contributed by atoms with Gasteiger partial charge in [0.2, 0.25) is 10.0 Å². The number of fused-ring (bicyclic) bond motifs is 2. The Balaban J connectivity index is 1.57. The number of carboxylic acid groups (broad SMARTS) is 1. The van der Waals surface area contributed by atoms with Crippen molar-refractivity contribution in [1.29, 1.82) is 0 Å². The molecule has 0 bridgehead atoms. The van der Waals surface area contributed by atoms with Crippen LogP contribution in [0.1, 0.15) is 34.5 Å². The molecule has 9 heteroatoms. The van der Waals surface area contributed by atoms with Crippen LogP contribution in [0.2, 0.25) is 0 Å². The molecule has 1 aromatic heterocycles. The SMILES string of the molecule is NCc1ccc2cc(C(=O)O)n(Cc3cc(NS(=O)(=O)C[C@@H]4CCCN4)cc4ccccc34)c2c1. The maximum Gasteiger partial charge on any atom is 0.352 e. The van der Waals surface area contributed by atoms with Gasteiger partial charge < -0.3 is 20.7 Å². The van der Waals surface area contributed by atoms with Gasteiger partial charge in [-0.15, -0.1) is 0 Å². The third kappa shape index (κ3) is 4.88. The molecule has 1 aliphatic rings. The summed E-state index contributed by atoms with van der Waals surface area (Å²) in [6.07, 6.45) is 1.82. The van der Waals surface area contributed by atoms with E-state index < -0.39 is 16.0 Å². The monoisotopic (exact) mass is 492 g/mol. The number of rotatable bonds is 8. The van der Waals surface area contributed by atoms with E-state index in [1.54, 1.807) is 16.7 Å². The summed E-state index contributed by atoms with van der Waals surface area (Å²) in [5.41, 5.74) is 8.95. The van der Waals surface area contributed by atoms with Gasteiger partial charge in [0.1, 0.15) is 5.69 Å². The van der Waals surface area contributed by atoms with Crippen LogP contribution < -0.4 is 15.8 Å². The van der Waals surface area contributed by atoms with Crippen molar-refractivity contribution in [2.75, 3.05) is 17.0 Å². The first-order chi connectivity index (χ1) is 16.8. The highest BCUT2D eigenvalue weighted by molar-refractivity contribution is 7.92. The maximum atomic E-state index is 12.9. The van der Waals surface area contributed by atoms with Crippen LogP contribution in [0, 0.1) is 0 Å². The van der Waals surface area contributed by atoms with Crippen molar-refractivity contribution in [3.63, 3.8) is 0 Å². The van der Waals surface area contributed by atoms with Crippen LogP contribution in [0.15, 0.2) is 60.7 Å². The lowest BCUT2D eigenvalue weighted by atomic mass is 10.0. The first-order valence-electron chi connectivity index (χ1n) is 11.6. The Morgan fingerprint density at radius 1 is 1.11 bits per heavy atom. The van der Waals surface area contributed by atoms with Crippen LogP contribution in [-0.2, 0) is 23.1 Å². The number of nitrogens with one attached hydrogen (secondary N) is 2. The first kappa shape index (κ1) is 23.3. The second kappa shape index (κ2) is 9.33. The molecule has 1 fully saturated rings. The Labute approximate surface area is 203 Å². The minimum Gasteiger partial charge on any atom is -0.477 e. The van der Waals surface area contributed by atoms with E-state index in [1.165, 1.54) is 0 Å². The van der Waals surface area contributed by atoms with Gasteiger partial charge in [-0.25, -0.2) is 13.2 Å². The van der Waals surface area contributed by atoms with Crippen molar-refractivity contribution in [2.24, 2.45) is 5.73 Å². The van der Waals surface area contributed by atoms with E-state index in [2.05, 4.69) is 10.0 Å². The molecule has 1 saturated heterocycles. The van der Waals surface area contributed by atoms with E-state index in [0.29, 0.717) is 12.2 Å². The molecule has 0 aliphatic carbocycles. The molecule has 182 valence electrons. The highest BCUT2D eigenvalue weighted by Gasteiger charge is 2.23. The van der Waals surface area contributed by atoms with Crippen molar-refractivity contribution in [2.45, 2.75) is 32.0 Å². The standard InChI is InChI=1S/C26H28N4O4S/c27-14-17-7-8-19-13-25(26(31)32)30(24(19)10-17)15-20-12-22(11-18-4-1-2-6-23(18)20)29-35(33,34)16-21-5-3-9-28-21/h1-2,4,6-8,10-13,21,28-29H,3,5,9,14-16,27H2,(H,31,32)/t21-/m0/s1. The van der Waals surface area contributed by atoms with Crippen molar-refractivity contribution in [3.8, 4) is 0 Å². The average Bonchev–Trinajstić information content (AvgIpc) is 3.46. The molecule has 0 saturated carbocycles. The molecule has 3 aromatic carbocycles. The van der Waals surface area contributed by atoms with Crippen LogP contribution in [0.4, 0.5) is 5.69 Å². The fraction of sp³-hybridized carbons (Fsp3) is 0.269. The minimum absolute atomic E-state index is 0.0163. The summed E-state index contributed by atoms with van der Waals surface area (Å²) in [7, 11) is -3.56. The molecule has 0 spiro atoms. The zero-order valence-electron chi connectivity index (χ0n) is 19.2. The van der Waals surface area contributed by atoms with Gasteiger partial charge in [-0.2, -0.15) is 0 Å². The van der Waals surface area contributed by atoms with Gasteiger partial charge in [-0.3, -0.25) is 4.72 Å². The zero-order chi connectivity index (χ0) is 24.6. The fourth-order valence-corrected chi connectivity index (χ4v) is 6.28. The van der Waals surface area contributed by atoms with Crippen molar-refractivity contribution >= 4 is 43.4 Å². The largest absolute Gasteiger partial charge is 0.477 e. The quantitative estimate of drug-likeness (QED) is 0.298. The van der Waals surface area contributed by atoms with E-state index in [4.69, 9.17) is 5.73 Å². The van der Waals surface area contributed by atoms with E-state index in [0.717, 1.165) is 52.2 Å². The molecule has 5 rings (SSSR count). The van der Waals surface area contributed by atoms with Gasteiger partial charge in [0, 0.05) is 35.7 Å². The third-order valence-electron chi connectivity index (χ3n) is 6.56. The molecular formula is C26H28N4O4S. The minimum atomic E-state index is -3.56. The van der Waals surface area contributed by atoms with Gasteiger partial charge in [0.15, 0.2) is 0 Å². The summed E-state index contributed by atoms with van der Waals surface area (Å²) in [6, 6.07) is 18.6. The smallest absolute Gasteiger partial charge is 0.352 e. The number of nitrogens with zero attached hydrogens (tertiary/aromatic N) is 1. The number of carbonyl (C=O) groups is 1. The predicted octanol–water partition coefficient (Wildman–Crippen LogP) is 3.49. The number of benzene rings is 3. The second-order valence-corrected chi connectivity index (χ2v) is 10.8. The Kier molecular flexibility index (Phi) is 6.22. The molecule has 5 N–H and O–H groups in total. The Morgan fingerprint density at radius 3 is 2.69 bits per heavy atom. The Morgan fingerprint density at radius 2 is 1.94 bits per heavy atom. The van der Waals surface area contributed by atoms with Gasteiger partial charge in [0.05, 0.1) is 5.75 Å². The summed E-state index contributed by atoms with van der Waals surface area (Å²) in [6.45, 7) is 1.45. The third-order valence-corrected chi connectivity index (χ3v) is 7.94. The molecule has 0 amide bonds. The van der Waals surface area contributed by atoms with Crippen LogP contribution in [0.25, 0.3) is 21.7 Å². The molecule has 4 aromatic rings. The van der Waals surface area contributed by atoms with Crippen LogP contribution in [-0.4, -0.2) is 42.4 Å². The number of sulfonamides is 1. The summed E-state index contributed by atoms with van der Waals surface area (Å²) in [5.74, 6) is -1.01. The highest BCUT2D eigenvalue weighted by Crippen LogP contribution is 2.29. The molecule has 1 atom stereocenters. The molecule has 0 radical (unpaired) electrons. The predicted molar refractivity (Wildman–Crippen MR) is 138 cm³/mol. The Hall–Kier alpha value is -3.40. The van der Waals surface area contributed by atoms with Gasteiger partial charge in [0.25, 0.3) is 0 Å². The number of hydrogen-bond donors (Lipinski definition) is 4. The molecule has 0 unspecified atom stereocenters. The van der Waals surface area contributed by atoms with Gasteiger partial charge in [-0.1, -0.05) is 36.4 Å². The van der Waals surface area contributed by atoms with E-state index >= 15 is 0 Å². The Bertz CT molecular complexity index is 1520. The summed E-state index contributed by atoms with van der Waals surface area (Å²) < 4.78 is 30.2. The van der Waals surface area contributed by atoms with Crippen LogP contribution >= 0.6 is 0 Å². The van der Waals surface area contributed by atoms with E-state index in [-0.39, 0.29) is 24.0 Å². The number of hydrogen-bond acceptors (Lipinski definition) is 5. The lowest BCUT2D eigenvalue weighted by Gasteiger charge is -2.16. The number of aromatic nitrogens is 1. The number of carboxylic acids is 1. The maximum absolute atomic E-state index is 12.9. The van der Waals surface area contributed by atoms with Crippen molar-refractivity contribution in [1.82, 2.24) is 9.88 Å². The lowest BCUT2D eigenvalue weighted by molar-refractivity contribution is 0.0686. The first-order valence-corrected chi connectivity index (χ1v) is 13.3. The normalized spacial score (nSPS) is 16.2. The summed E-state index contributed by atoms with van der Waals surface area (Å²) in [5, 5.41) is 15.7. The highest BCUT2D eigenvalue weighted by atomic mass is 32.2. The van der Waals surface area contributed by atoms with Gasteiger partial charge >= 0.3 is 5.97 Å². The molecule has 1 aliphatic heterocycles.